The largest absolute Gasteiger partial charge is 0.380 e. The van der Waals surface area contributed by atoms with Gasteiger partial charge in [-0.2, -0.15) is 5.26 Å². The molecule has 0 spiro atoms. The van der Waals surface area contributed by atoms with Gasteiger partial charge in [-0.25, -0.2) is 0 Å². The van der Waals surface area contributed by atoms with Crippen LogP contribution in [0.1, 0.15) is 10.4 Å². The molecule has 2 aromatic rings. The van der Waals surface area contributed by atoms with Crippen molar-refractivity contribution in [2.75, 3.05) is 11.6 Å². The van der Waals surface area contributed by atoms with Crippen LogP contribution in [0.5, 0.6) is 0 Å². The number of nitrogens with one attached hydrogen (secondary N) is 1. The van der Waals surface area contributed by atoms with Gasteiger partial charge in [0.2, 0.25) is 0 Å². The first kappa shape index (κ1) is 12.0. The lowest BCUT2D eigenvalue weighted by Gasteiger charge is -2.05. The molecular formula is C13H12N2S2. The Bertz CT molecular complexity index is 540. The standard InChI is InChI=1S/C13H12N2S2/c1-16-12-4-2-3-11(6-12)15-8-13-5-10(7-14)9-17-13/h2-6,9,15H,8H2,1H3. The maximum Gasteiger partial charge on any atom is 0.100 e. The van der Waals surface area contributed by atoms with Crippen LogP contribution in [-0.4, -0.2) is 6.26 Å². The first-order valence-corrected chi connectivity index (χ1v) is 7.27. The molecule has 0 unspecified atom stereocenters. The molecule has 0 aliphatic rings. The fourth-order valence-corrected chi connectivity index (χ4v) is 2.66. The second kappa shape index (κ2) is 5.76. The molecule has 0 aliphatic carbocycles. The number of benzene rings is 1. The molecule has 1 aromatic heterocycles. The van der Waals surface area contributed by atoms with Crippen molar-refractivity contribution >= 4 is 28.8 Å². The summed E-state index contributed by atoms with van der Waals surface area (Å²) in [6.07, 6.45) is 2.07. The molecule has 1 N–H and O–H groups in total. The Morgan fingerprint density at radius 2 is 2.29 bits per heavy atom. The highest BCUT2D eigenvalue weighted by molar-refractivity contribution is 7.98. The van der Waals surface area contributed by atoms with Crippen molar-refractivity contribution in [1.82, 2.24) is 0 Å². The Morgan fingerprint density at radius 1 is 1.41 bits per heavy atom. The molecule has 86 valence electrons. The van der Waals surface area contributed by atoms with Gasteiger partial charge in [0.25, 0.3) is 0 Å². The molecule has 0 saturated carbocycles. The molecule has 2 rings (SSSR count). The van der Waals surface area contributed by atoms with Gasteiger partial charge in [0.05, 0.1) is 5.56 Å². The third-order valence-electron chi connectivity index (χ3n) is 2.32. The van der Waals surface area contributed by atoms with Crippen molar-refractivity contribution in [2.45, 2.75) is 11.4 Å². The van der Waals surface area contributed by atoms with E-state index in [-0.39, 0.29) is 0 Å². The van der Waals surface area contributed by atoms with Gasteiger partial charge in [-0.1, -0.05) is 6.07 Å². The van der Waals surface area contributed by atoms with Crippen LogP contribution < -0.4 is 5.32 Å². The molecule has 0 saturated heterocycles. The topological polar surface area (TPSA) is 35.8 Å². The summed E-state index contributed by atoms with van der Waals surface area (Å²) in [5, 5.41) is 14.0. The SMILES string of the molecule is CSc1cccc(NCc2cc(C#N)cs2)c1. The summed E-state index contributed by atoms with van der Waals surface area (Å²) in [5.74, 6) is 0. The summed E-state index contributed by atoms with van der Waals surface area (Å²) in [6.45, 7) is 0.768. The van der Waals surface area contributed by atoms with E-state index in [4.69, 9.17) is 5.26 Å². The van der Waals surface area contributed by atoms with Crippen molar-refractivity contribution in [3.8, 4) is 6.07 Å². The lowest BCUT2D eigenvalue weighted by molar-refractivity contribution is 1.18. The minimum Gasteiger partial charge on any atom is -0.380 e. The van der Waals surface area contributed by atoms with Crippen LogP contribution in [0, 0.1) is 11.3 Å². The van der Waals surface area contributed by atoms with Crippen LogP contribution >= 0.6 is 23.1 Å². The zero-order valence-electron chi connectivity index (χ0n) is 9.43. The highest BCUT2D eigenvalue weighted by atomic mass is 32.2. The highest BCUT2D eigenvalue weighted by Gasteiger charge is 1.99. The highest BCUT2D eigenvalue weighted by Crippen LogP contribution is 2.20. The summed E-state index contributed by atoms with van der Waals surface area (Å²) >= 11 is 3.35. The van der Waals surface area contributed by atoms with Gasteiger partial charge >= 0.3 is 0 Å². The maximum absolute atomic E-state index is 8.74. The summed E-state index contributed by atoms with van der Waals surface area (Å²) < 4.78 is 0. The van der Waals surface area contributed by atoms with Crippen LogP contribution in [0.3, 0.4) is 0 Å². The van der Waals surface area contributed by atoms with Gasteiger partial charge in [-0.15, -0.1) is 23.1 Å². The van der Waals surface area contributed by atoms with Crippen LogP contribution in [-0.2, 0) is 6.54 Å². The van der Waals surface area contributed by atoms with Gasteiger partial charge in [0.15, 0.2) is 0 Å². The Morgan fingerprint density at radius 3 is 3.00 bits per heavy atom. The predicted octanol–water partition coefficient (Wildman–Crippen LogP) is 3.95. The van der Waals surface area contributed by atoms with Gasteiger partial charge in [-0.3, -0.25) is 0 Å². The molecule has 2 nitrogen and oxygen atoms in total. The summed E-state index contributed by atoms with van der Waals surface area (Å²) in [4.78, 5) is 2.43. The van der Waals surface area contributed by atoms with Gasteiger partial charge < -0.3 is 5.32 Å². The molecule has 0 bridgehead atoms. The van der Waals surface area contributed by atoms with Crippen molar-refractivity contribution < 1.29 is 0 Å². The minimum atomic E-state index is 0.740. The van der Waals surface area contributed by atoms with E-state index in [2.05, 4.69) is 35.8 Å². The van der Waals surface area contributed by atoms with Gasteiger partial charge in [0, 0.05) is 27.4 Å². The number of anilines is 1. The first-order chi connectivity index (χ1) is 8.31. The van der Waals surface area contributed by atoms with Gasteiger partial charge in [-0.05, 0) is 30.5 Å². The number of thioether (sulfide) groups is 1. The number of hydrogen-bond acceptors (Lipinski definition) is 4. The van der Waals surface area contributed by atoms with Crippen LogP contribution in [0.15, 0.2) is 40.6 Å². The van der Waals surface area contributed by atoms with Crippen LogP contribution in [0.2, 0.25) is 0 Å². The van der Waals surface area contributed by atoms with E-state index >= 15 is 0 Å². The van der Waals surface area contributed by atoms with Crippen molar-refractivity contribution in [2.24, 2.45) is 0 Å². The number of thiophene rings is 1. The third kappa shape index (κ3) is 3.26. The van der Waals surface area contributed by atoms with Crippen LogP contribution in [0.25, 0.3) is 0 Å². The molecule has 0 atom stereocenters. The third-order valence-corrected chi connectivity index (χ3v) is 3.98. The molecule has 1 heterocycles. The second-order valence-corrected chi connectivity index (χ2v) is 5.37. The molecule has 1 aromatic carbocycles. The average Bonchev–Trinajstić information content (AvgIpc) is 2.84. The molecular weight excluding hydrogens is 248 g/mol. The van der Waals surface area contributed by atoms with Crippen molar-refractivity contribution in [3.63, 3.8) is 0 Å². The molecule has 0 fully saturated rings. The molecule has 4 heteroatoms. The zero-order chi connectivity index (χ0) is 12.1. The predicted molar refractivity (Wildman–Crippen MR) is 74.6 cm³/mol. The molecule has 17 heavy (non-hydrogen) atoms. The molecule has 0 radical (unpaired) electrons. The van der Waals surface area contributed by atoms with E-state index < -0.39 is 0 Å². The van der Waals surface area contributed by atoms with Crippen LogP contribution in [0.4, 0.5) is 5.69 Å². The van der Waals surface area contributed by atoms with E-state index in [9.17, 15) is 0 Å². The first-order valence-electron chi connectivity index (χ1n) is 5.17. The van der Waals surface area contributed by atoms with E-state index in [1.807, 2.05) is 17.5 Å². The molecule has 0 aliphatic heterocycles. The average molecular weight is 260 g/mol. The van der Waals surface area contributed by atoms with E-state index in [0.717, 1.165) is 17.8 Å². The summed E-state index contributed by atoms with van der Waals surface area (Å²) in [7, 11) is 0. The summed E-state index contributed by atoms with van der Waals surface area (Å²) in [5.41, 5.74) is 1.86. The quantitative estimate of drug-likeness (QED) is 0.845. The van der Waals surface area contributed by atoms with Crippen molar-refractivity contribution in [3.05, 3.63) is 46.2 Å². The smallest absolute Gasteiger partial charge is 0.100 e. The fourth-order valence-electron chi connectivity index (χ4n) is 1.45. The Balaban J connectivity index is 1.99. The number of hydrogen-bond donors (Lipinski definition) is 1. The second-order valence-electron chi connectivity index (χ2n) is 3.50. The number of nitriles is 1. The van der Waals surface area contributed by atoms with E-state index in [1.54, 1.807) is 23.1 Å². The molecule has 0 amide bonds. The number of nitrogens with zero attached hydrogens (tertiary/aromatic N) is 1. The number of rotatable bonds is 4. The Hall–Kier alpha value is -1.44. The fraction of sp³-hybridized carbons (Fsp3) is 0.154. The normalized spacial score (nSPS) is 9.88. The zero-order valence-corrected chi connectivity index (χ0v) is 11.1. The van der Waals surface area contributed by atoms with Crippen molar-refractivity contribution in [1.29, 1.82) is 5.26 Å². The Kier molecular flexibility index (Phi) is 4.08. The summed E-state index contributed by atoms with van der Waals surface area (Å²) in [6, 6.07) is 12.4. The monoisotopic (exact) mass is 260 g/mol. The van der Waals surface area contributed by atoms with Gasteiger partial charge in [0.1, 0.15) is 6.07 Å². The lowest BCUT2D eigenvalue weighted by atomic mass is 10.3. The van der Waals surface area contributed by atoms with E-state index in [0.29, 0.717) is 0 Å². The minimum absolute atomic E-state index is 0.740. The maximum atomic E-state index is 8.74. The van der Waals surface area contributed by atoms with E-state index in [1.165, 1.54) is 9.77 Å². The lowest BCUT2D eigenvalue weighted by Crippen LogP contribution is -1.97. The Labute approximate surface area is 109 Å².